The Morgan fingerprint density at radius 1 is 1.07 bits per heavy atom. The van der Waals surface area contributed by atoms with Gasteiger partial charge in [0.1, 0.15) is 7.05 Å². The fourth-order valence-electron chi connectivity index (χ4n) is 3.66. The number of anilines is 1. The molecule has 0 spiro atoms. The summed E-state index contributed by atoms with van der Waals surface area (Å²) in [6.45, 7) is 5.31. The minimum atomic E-state index is -2.21. The van der Waals surface area contributed by atoms with Crippen LogP contribution in [0.15, 0.2) is 54.6 Å². The van der Waals surface area contributed by atoms with Gasteiger partial charge < -0.3 is 4.90 Å². The Balaban J connectivity index is 0.000000735. The van der Waals surface area contributed by atoms with E-state index in [0.29, 0.717) is 6.42 Å². The average molecular weight is 516 g/mol. The molecule has 0 saturated carbocycles. The van der Waals surface area contributed by atoms with E-state index in [1.165, 1.54) is 22.5 Å². The number of allylic oxidation sites excluding steroid dienone is 1. The standard InChI is InChI=1S/C23H26N3.3ClH.Zn/c1-23(2)20-8-5-6-9-21(20)26(4)22(23)15-12-18-10-13-19(14-11-18)25(3)17-7-16-24;;;;/h5-6,8-15H,7,17H2,1-4H3;3*1H;/q+1;;;;+2/p-3. The molecule has 156 valence electrons. The number of para-hydroxylation sites is 1. The zero-order chi connectivity index (χ0) is 22.3. The Kier molecular flexibility index (Phi) is 9.39. The van der Waals surface area contributed by atoms with Crippen LogP contribution in [-0.4, -0.2) is 30.9 Å². The fraction of sp³-hybridized carbons (Fsp3) is 0.304. The SMILES string of the molecule is CN(CCC#N)c1ccc(C=CC2=[N+](C)c3ccccc3C2(C)C)cc1.[Cl][Zn-]([Cl])[Cl]. The van der Waals surface area contributed by atoms with Crippen LogP contribution in [0.5, 0.6) is 0 Å². The van der Waals surface area contributed by atoms with Crippen LogP contribution in [-0.2, 0) is 18.4 Å². The average Bonchev–Trinajstić information content (AvgIpc) is 2.90. The number of halogens is 3. The maximum absolute atomic E-state index is 8.72. The molecule has 0 bridgehead atoms. The molecule has 0 saturated heterocycles. The van der Waals surface area contributed by atoms with Gasteiger partial charge in [0.25, 0.3) is 0 Å². The molecular weight excluding hydrogens is 490 g/mol. The molecule has 2 aromatic rings. The van der Waals surface area contributed by atoms with Crippen LogP contribution < -0.4 is 4.90 Å². The molecule has 1 aliphatic rings. The van der Waals surface area contributed by atoms with Gasteiger partial charge in [0.05, 0.1) is 17.9 Å². The van der Waals surface area contributed by atoms with Crippen molar-refractivity contribution in [2.45, 2.75) is 25.7 Å². The molecule has 0 radical (unpaired) electrons. The second kappa shape index (κ2) is 11.3. The molecule has 0 unspecified atom stereocenters. The first-order chi connectivity index (χ1) is 14.2. The quantitative estimate of drug-likeness (QED) is 0.323. The molecule has 3 nitrogen and oxygen atoms in total. The van der Waals surface area contributed by atoms with Gasteiger partial charge in [-0.3, -0.25) is 0 Å². The van der Waals surface area contributed by atoms with Gasteiger partial charge in [0, 0.05) is 37.0 Å². The van der Waals surface area contributed by atoms with Gasteiger partial charge in [-0.1, -0.05) is 30.3 Å². The summed E-state index contributed by atoms with van der Waals surface area (Å²) < 4.78 is 2.29. The normalized spacial score (nSPS) is 14.1. The molecule has 2 aromatic carbocycles. The van der Waals surface area contributed by atoms with Crippen molar-refractivity contribution in [3.05, 3.63) is 65.7 Å². The summed E-state index contributed by atoms with van der Waals surface area (Å²) in [5.41, 5.74) is 6.27. The molecule has 0 amide bonds. The topological polar surface area (TPSA) is 30.0 Å². The third-order valence-electron chi connectivity index (χ3n) is 5.27. The second-order valence-corrected chi connectivity index (χ2v) is 21.5. The van der Waals surface area contributed by atoms with Crippen LogP contribution in [0.4, 0.5) is 11.4 Å². The molecule has 0 atom stereocenters. The van der Waals surface area contributed by atoms with Gasteiger partial charge in [-0.15, -0.1) is 0 Å². The third-order valence-corrected chi connectivity index (χ3v) is 5.27. The van der Waals surface area contributed by atoms with Crippen molar-refractivity contribution in [3.8, 4) is 6.07 Å². The summed E-state index contributed by atoms with van der Waals surface area (Å²) in [5, 5.41) is 8.72. The number of rotatable bonds is 5. The Labute approximate surface area is 197 Å². The molecule has 7 heteroatoms. The van der Waals surface area contributed by atoms with Crippen LogP contribution in [0.1, 0.15) is 31.4 Å². The van der Waals surface area contributed by atoms with Crippen LogP contribution >= 0.6 is 29.1 Å². The van der Waals surface area contributed by atoms with Crippen molar-refractivity contribution in [1.29, 1.82) is 5.26 Å². The van der Waals surface area contributed by atoms with E-state index < -0.39 is 13.0 Å². The zero-order valence-electron chi connectivity index (χ0n) is 17.9. The molecule has 0 aliphatic carbocycles. The first-order valence-electron chi connectivity index (χ1n) is 9.82. The molecule has 0 fully saturated rings. The second-order valence-electron chi connectivity index (χ2n) is 7.64. The summed E-state index contributed by atoms with van der Waals surface area (Å²) in [6.07, 6.45) is 4.95. The van der Waals surface area contributed by atoms with Crippen molar-refractivity contribution in [3.63, 3.8) is 0 Å². The predicted molar refractivity (Wildman–Crippen MR) is 127 cm³/mol. The van der Waals surface area contributed by atoms with Crippen molar-refractivity contribution < 1.29 is 17.6 Å². The summed E-state index contributed by atoms with van der Waals surface area (Å²) in [5.74, 6) is 0. The van der Waals surface area contributed by atoms with Crippen molar-refractivity contribution in [1.82, 2.24) is 0 Å². The minimum absolute atomic E-state index is 0.000698. The number of nitriles is 1. The van der Waals surface area contributed by atoms with Crippen molar-refractivity contribution in [2.75, 3.05) is 25.5 Å². The first-order valence-corrected chi connectivity index (χ1v) is 21.5. The van der Waals surface area contributed by atoms with Crippen LogP contribution in [0.3, 0.4) is 0 Å². The predicted octanol–water partition coefficient (Wildman–Crippen LogP) is 6.82. The van der Waals surface area contributed by atoms with Crippen molar-refractivity contribution in [2.24, 2.45) is 0 Å². The number of benzene rings is 2. The van der Waals surface area contributed by atoms with Gasteiger partial charge in [0.15, 0.2) is 5.71 Å². The summed E-state index contributed by atoms with van der Waals surface area (Å²) in [4.78, 5) is 2.11. The number of nitrogens with zero attached hydrogens (tertiary/aromatic N) is 3. The molecule has 0 N–H and O–H groups in total. The van der Waals surface area contributed by atoms with Crippen LogP contribution in [0.2, 0.25) is 0 Å². The van der Waals surface area contributed by atoms with Gasteiger partial charge >= 0.3 is 42.1 Å². The van der Waals surface area contributed by atoms with Crippen molar-refractivity contribution >= 4 is 52.2 Å². The fourth-order valence-corrected chi connectivity index (χ4v) is 3.66. The van der Waals surface area contributed by atoms with Crippen LogP contribution in [0.25, 0.3) is 6.08 Å². The number of hydrogen-bond acceptors (Lipinski definition) is 2. The molecule has 3 rings (SSSR count). The summed E-state index contributed by atoms with van der Waals surface area (Å²) in [6, 6.07) is 19.3. The number of fused-ring (bicyclic) bond motifs is 1. The molecular formula is C23H26Cl3N3Zn. The maximum atomic E-state index is 8.72. The summed E-state index contributed by atoms with van der Waals surface area (Å²) in [7, 11) is 19.2. The van der Waals surface area contributed by atoms with E-state index in [2.05, 4.69) is 97.1 Å². The van der Waals surface area contributed by atoms with E-state index in [1.807, 2.05) is 7.05 Å². The molecule has 1 aliphatic heterocycles. The third kappa shape index (κ3) is 6.32. The molecule has 0 aromatic heterocycles. The van der Waals surface area contributed by atoms with E-state index in [-0.39, 0.29) is 5.41 Å². The van der Waals surface area contributed by atoms with E-state index in [1.54, 1.807) is 0 Å². The Hall–Kier alpha value is -1.37. The Morgan fingerprint density at radius 3 is 2.23 bits per heavy atom. The number of hydrogen-bond donors (Lipinski definition) is 0. The van der Waals surface area contributed by atoms with Crippen LogP contribution in [0, 0.1) is 11.3 Å². The Bertz CT molecular complexity index is 958. The van der Waals surface area contributed by atoms with Gasteiger partial charge in [-0.25, -0.2) is 0 Å². The van der Waals surface area contributed by atoms with Gasteiger partial charge in [-0.2, -0.15) is 9.84 Å². The molecule has 1 heterocycles. The zero-order valence-corrected chi connectivity index (χ0v) is 23.1. The van der Waals surface area contributed by atoms with Gasteiger partial charge in [-0.05, 0) is 37.6 Å². The van der Waals surface area contributed by atoms with E-state index in [4.69, 9.17) is 34.3 Å². The van der Waals surface area contributed by atoms with Gasteiger partial charge in [0.2, 0.25) is 5.69 Å². The van der Waals surface area contributed by atoms with E-state index >= 15 is 0 Å². The van der Waals surface area contributed by atoms with E-state index in [9.17, 15) is 0 Å². The monoisotopic (exact) mass is 513 g/mol. The van der Waals surface area contributed by atoms with E-state index in [0.717, 1.165) is 12.2 Å². The first kappa shape index (κ1) is 24.9. The molecule has 30 heavy (non-hydrogen) atoms. The summed E-state index contributed by atoms with van der Waals surface area (Å²) >= 11 is -2.21. The Morgan fingerprint density at radius 2 is 1.67 bits per heavy atom.